The van der Waals surface area contributed by atoms with E-state index in [9.17, 15) is 9.59 Å². The van der Waals surface area contributed by atoms with E-state index in [-0.39, 0.29) is 12.5 Å². The van der Waals surface area contributed by atoms with Crippen molar-refractivity contribution in [2.45, 2.75) is 12.5 Å². The number of carboxylic acids is 1. The minimum atomic E-state index is -0.994. The lowest BCUT2D eigenvalue weighted by atomic mass is 10.1. The van der Waals surface area contributed by atoms with Crippen molar-refractivity contribution in [2.24, 2.45) is 0 Å². The third kappa shape index (κ3) is 1.93. The first-order chi connectivity index (χ1) is 10.1. The smallest absolute Gasteiger partial charge is 0.353 e. The number of hydroxylamine groups is 2. The van der Waals surface area contributed by atoms with Crippen molar-refractivity contribution in [1.82, 2.24) is 9.63 Å². The van der Waals surface area contributed by atoms with Crippen LogP contribution in [0.2, 0.25) is 0 Å². The van der Waals surface area contributed by atoms with Crippen LogP contribution in [0.3, 0.4) is 0 Å². The Hall–Kier alpha value is -2.54. The number of methoxy groups -OCH3 is 1. The summed E-state index contributed by atoms with van der Waals surface area (Å²) in [6.07, 6.45) is -0.215. The number of aliphatic carboxylic acids is 1. The zero-order valence-corrected chi connectivity index (χ0v) is 11.6. The van der Waals surface area contributed by atoms with Crippen LogP contribution in [0.25, 0.3) is 10.9 Å². The molecule has 1 aromatic heterocycles. The molecule has 1 amide bonds. The highest BCUT2D eigenvalue weighted by Crippen LogP contribution is 2.37. The summed E-state index contributed by atoms with van der Waals surface area (Å²) in [5, 5.41) is 10.9. The Kier molecular flexibility index (Phi) is 3.06. The average molecular weight is 290 g/mol. The maximum absolute atomic E-state index is 12.4. The van der Waals surface area contributed by atoms with Crippen LogP contribution in [0.5, 0.6) is 5.75 Å². The summed E-state index contributed by atoms with van der Waals surface area (Å²) in [6, 6.07) is 6.10. The van der Waals surface area contributed by atoms with E-state index in [0.29, 0.717) is 17.0 Å². The molecule has 7 heteroatoms. The molecule has 1 N–H and O–H groups in total. The summed E-state index contributed by atoms with van der Waals surface area (Å²) in [5.41, 5.74) is 1.30. The molecule has 0 saturated heterocycles. The standard InChI is InChI=1S/C14H14N2O5/c1-20-9-3-4-10-8(5-9)6-11-12(7-13(17)18)16(21-2)14(19)15(10)11/h3-6,12H,7H2,1-2H3,(H,17,18). The van der Waals surface area contributed by atoms with Gasteiger partial charge < -0.3 is 9.84 Å². The molecule has 1 atom stereocenters. The number of hydrogen-bond acceptors (Lipinski definition) is 4. The number of carbonyl (C=O) groups excluding carboxylic acids is 1. The quantitative estimate of drug-likeness (QED) is 0.931. The molecule has 0 aliphatic carbocycles. The number of benzene rings is 1. The first kappa shape index (κ1) is 13.4. The van der Waals surface area contributed by atoms with Crippen LogP contribution < -0.4 is 4.74 Å². The molecule has 0 fully saturated rings. The second-order valence-corrected chi connectivity index (χ2v) is 4.73. The van der Waals surface area contributed by atoms with Gasteiger partial charge in [0.05, 0.1) is 31.9 Å². The minimum Gasteiger partial charge on any atom is -0.497 e. The predicted molar refractivity (Wildman–Crippen MR) is 73.1 cm³/mol. The largest absolute Gasteiger partial charge is 0.497 e. The monoisotopic (exact) mass is 290 g/mol. The number of fused-ring (bicyclic) bond motifs is 3. The summed E-state index contributed by atoms with van der Waals surface area (Å²) in [5.74, 6) is -0.316. The van der Waals surface area contributed by atoms with Crippen molar-refractivity contribution in [1.29, 1.82) is 0 Å². The fourth-order valence-electron chi connectivity index (χ4n) is 2.71. The minimum absolute atomic E-state index is 0.215. The Morgan fingerprint density at radius 3 is 2.71 bits per heavy atom. The van der Waals surface area contributed by atoms with Crippen molar-refractivity contribution in [3.05, 3.63) is 30.0 Å². The average Bonchev–Trinajstić information content (AvgIpc) is 2.94. The SMILES string of the molecule is COc1ccc2c(c1)cc1n2C(=O)N(OC)C1CC(=O)O. The van der Waals surface area contributed by atoms with E-state index in [4.69, 9.17) is 14.7 Å². The Balaban J connectivity index is 2.16. The van der Waals surface area contributed by atoms with Crippen LogP contribution in [0, 0.1) is 0 Å². The molecule has 1 aliphatic rings. The third-order valence-corrected chi connectivity index (χ3v) is 3.61. The van der Waals surface area contributed by atoms with Crippen molar-refractivity contribution < 1.29 is 24.3 Å². The highest BCUT2D eigenvalue weighted by Gasteiger charge is 2.40. The molecule has 0 saturated carbocycles. The lowest BCUT2D eigenvalue weighted by molar-refractivity contribution is -0.146. The fourth-order valence-corrected chi connectivity index (χ4v) is 2.71. The van der Waals surface area contributed by atoms with Gasteiger partial charge in [-0.1, -0.05) is 0 Å². The molecule has 1 aliphatic heterocycles. The zero-order valence-electron chi connectivity index (χ0n) is 11.6. The zero-order chi connectivity index (χ0) is 15.1. The first-order valence-corrected chi connectivity index (χ1v) is 6.35. The number of aromatic nitrogens is 1. The van der Waals surface area contributed by atoms with Gasteiger partial charge in [0, 0.05) is 5.39 Å². The Morgan fingerprint density at radius 2 is 2.10 bits per heavy atom. The maximum Gasteiger partial charge on any atom is 0.353 e. The van der Waals surface area contributed by atoms with Gasteiger partial charge in [-0.15, -0.1) is 0 Å². The highest BCUT2D eigenvalue weighted by molar-refractivity contribution is 5.96. The molecule has 110 valence electrons. The van der Waals surface area contributed by atoms with E-state index >= 15 is 0 Å². The van der Waals surface area contributed by atoms with Crippen LogP contribution >= 0.6 is 0 Å². The molecule has 0 spiro atoms. The molecule has 0 radical (unpaired) electrons. The number of carbonyl (C=O) groups is 2. The molecule has 3 rings (SSSR count). The molecule has 1 aromatic carbocycles. The van der Waals surface area contributed by atoms with Gasteiger partial charge in [-0.2, -0.15) is 5.06 Å². The lowest BCUT2D eigenvalue weighted by Crippen LogP contribution is -2.29. The maximum atomic E-state index is 12.4. The van der Waals surface area contributed by atoms with Crippen molar-refractivity contribution in [2.75, 3.05) is 14.2 Å². The molecule has 21 heavy (non-hydrogen) atoms. The molecule has 2 aromatic rings. The van der Waals surface area contributed by atoms with Crippen LogP contribution in [0.15, 0.2) is 24.3 Å². The van der Waals surface area contributed by atoms with Gasteiger partial charge in [-0.05, 0) is 24.3 Å². The molecule has 7 nitrogen and oxygen atoms in total. The van der Waals surface area contributed by atoms with E-state index in [2.05, 4.69) is 0 Å². The molecule has 1 unspecified atom stereocenters. The van der Waals surface area contributed by atoms with E-state index in [1.165, 1.54) is 11.7 Å². The number of amides is 1. The van der Waals surface area contributed by atoms with Crippen LogP contribution in [0.4, 0.5) is 4.79 Å². The van der Waals surface area contributed by atoms with E-state index in [0.717, 1.165) is 10.4 Å². The summed E-state index contributed by atoms with van der Waals surface area (Å²) in [4.78, 5) is 28.5. The summed E-state index contributed by atoms with van der Waals surface area (Å²) >= 11 is 0. The van der Waals surface area contributed by atoms with Gasteiger partial charge in [0.2, 0.25) is 0 Å². The Morgan fingerprint density at radius 1 is 1.33 bits per heavy atom. The van der Waals surface area contributed by atoms with Gasteiger partial charge in [0.25, 0.3) is 0 Å². The summed E-state index contributed by atoms with van der Waals surface area (Å²) < 4.78 is 6.64. The van der Waals surface area contributed by atoms with Gasteiger partial charge in [-0.25, -0.2) is 4.79 Å². The third-order valence-electron chi connectivity index (χ3n) is 3.61. The van der Waals surface area contributed by atoms with Crippen molar-refractivity contribution in [3.8, 4) is 5.75 Å². The molecule has 0 bridgehead atoms. The number of nitrogens with zero attached hydrogens (tertiary/aromatic N) is 2. The molecular formula is C14H14N2O5. The second kappa shape index (κ2) is 4.78. The van der Waals surface area contributed by atoms with Gasteiger partial charge in [0.1, 0.15) is 11.8 Å². The van der Waals surface area contributed by atoms with Crippen LogP contribution in [-0.2, 0) is 9.63 Å². The van der Waals surface area contributed by atoms with Gasteiger partial charge >= 0.3 is 12.0 Å². The second-order valence-electron chi connectivity index (χ2n) is 4.73. The number of ether oxygens (including phenoxy) is 1. The molecular weight excluding hydrogens is 276 g/mol. The van der Waals surface area contributed by atoms with E-state index in [1.807, 2.05) is 6.07 Å². The summed E-state index contributed by atoms with van der Waals surface area (Å²) in [7, 11) is 2.92. The highest BCUT2D eigenvalue weighted by atomic mass is 16.7. The normalized spacial score (nSPS) is 17.3. The topological polar surface area (TPSA) is 81.0 Å². The van der Waals surface area contributed by atoms with E-state index < -0.39 is 12.0 Å². The first-order valence-electron chi connectivity index (χ1n) is 6.35. The van der Waals surface area contributed by atoms with Gasteiger partial charge in [0.15, 0.2) is 0 Å². The fraction of sp³-hybridized carbons (Fsp3) is 0.286. The van der Waals surface area contributed by atoms with Crippen LogP contribution in [-0.4, -0.2) is 41.0 Å². The van der Waals surface area contributed by atoms with Crippen LogP contribution in [0.1, 0.15) is 18.2 Å². The molecule has 2 heterocycles. The summed E-state index contributed by atoms with van der Waals surface area (Å²) in [6.45, 7) is 0. The predicted octanol–water partition coefficient (Wildman–Crippen LogP) is 2.01. The van der Waals surface area contributed by atoms with Gasteiger partial charge in [-0.3, -0.25) is 14.2 Å². The van der Waals surface area contributed by atoms with Crippen molar-refractivity contribution >= 4 is 22.9 Å². The lowest BCUT2D eigenvalue weighted by Gasteiger charge is -2.19. The van der Waals surface area contributed by atoms with Crippen molar-refractivity contribution in [3.63, 3.8) is 0 Å². The number of carboxylic acid groups (broad SMARTS) is 1. The Labute approximate surface area is 120 Å². The Bertz CT molecular complexity index is 736. The number of hydrogen-bond donors (Lipinski definition) is 1. The number of rotatable bonds is 4. The van der Waals surface area contributed by atoms with E-state index in [1.54, 1.807) is 25.3 Å².